The molecule has 3 heterocycles. The van der Waals surface area contributed by atoms with Crippen molar-refractivity contribution < 1.29 is 19.4 Å². The first-order valence-corrected chi connectivity index (χ1v) is 12.7. The van der Waals surface area contributed by atoms with E-state index >= 15 is 0 Å². The quantitative estimate of drug-likeness (QED) is 0.184. The lowest BCUT2D eigenvalue weighted by molar-refractivity contribution is -0.132. The van der Waals surface area contributed by atoms with Gasteiger partial charge in [0.15, 0.2) is 5.13 Å². The molecule has 4 aromatic rings. The molecular formula is C25H19ClN2O4S2. The summed E-state index contributed by atoms with van der Waals surface area (Å²) in [6, 6.07) is 15.1. The highest BCUT2D eigenvalue weighted by Crippen LogP contribution is 2.45. The van der Waals surface area contributed by atoms with Crippen LogP contribution in [0.25, 0.3) is 16.0 Å². The zero-order chi connectivity index (χ0) is 23.8. The van der Waals surface area contributed by atoms with Gasteiger partial charge in [0.2, 0.25) is 0 Å². The second kappa shape index (κ2) is 9.21. The van der Waals surface area contributed by atoms with E-state index < -0.39 is 17.7 Å². The number of Topliss-reactive ketones (excluding diaryl/α,β-unsaturated/α-hetero) is 1. The van der Waals surface area contributed by atoms with Crippen molar-refractivity contribution in [2.24, 2.45) is 0 Å². The normalized spacial score (nSPS) is 17.6. The van der Waals surface area contributed by atoms with Gasteiger partial charge in [-0.05, 0) is 48.2 Å². The van der Waals surface area contributed by atoms with Crippen molar-refractivity contribution in [1.82, 2.24) is 4.98 Å². The Morgan fingerprint density at radius 3 is 2.79 bits per heavy atom. The molecule has 0 spiro atoms. The number of hydrogen-bond acceptors (Lipinski definition) is 7. The number of aromatic nitrogens is 1. The molecule has 6 nitrogen and oxygen atoms in total. The number of carbonyl (C=O) groups excluding carboxylic acids is 2. The number of anilines is 1. The van der Waals surface area contributed by atoms with Crippen molar-refractivity contribution >= 4 is 67.1 Å². The van der Waals surface area contributed by atoms with Crippen molar-refractivity contribution in [2.75, 3.05) is 11.5 Å². The molecule has 5 rings (SSSR count). The summed E-state index contributed by atoms with van der Waals surface area (Å²) in [7, 11) is 0. The monoisotopic (exact) mass is 510 g/mol. The van der Waals surface area contributed by atoms with Crippen LogP contribution >= 0.6 is 34.3 Å². The molecule has 0 aliphatic carbocycles. The van der Waals surface area contributed by atoms with Gasteiger partial charge >= 0.3 is 5.91 Å². The predicted molar refractivity (Wildman–Crippen MR) is 136 cm³/mol. The van der Waals surface area contributed by atoms with Crippen LogP contribution in [-0.4, -0.2) is 28.4 Å². The first-order chi connectivity index (χ1) is 16.5. The fourth-order valence-electron chi connectivity index (χ4n) is 3.84. The van der Waals surface area contributed by atoms with Crippen LogP contribution in [0.4, 0.5) is 5.13 Å². The van der Waals surface area contributed by atoms with Crippen molar-refractivity contribution in [3.63, 3.8) is 0 Å². The highest BCUT2D eigenvalue weighted by atomic mass is 35.5. The third kappa shape index (κ3) is 3.98. The summed E-state index contributed by atoms with van der Waals surface area (Å²) < 4.78 is 6.48. The minimum absolute atomic E-state index is 0.0254. The van der Waals surface area contributed by atoms with Crippen LogP contribution in [0.2, 0.25) is 5.02 Å². The molecule has 1 N–H and O–H groups in total. The van der Waals surface area contributed by atoms with Gasteiger partial charge in [-0.25, -0.2) is 4.98 Å². The van der Waals surface area contributed by atoms with E-state index in [0.717, 1.165) is 16.0 Å². The first kappa shape index (κ1) is 22.6. The van der Waals surface area contributed by atoms with Crippen molar-refractivity contribution in [3.8, 4) is 5.75 Å². The van der Waals surface area contributed by atoms with Gasteiger partial charge in [0.1, 0.15) is 17.6 Å². The lowest BCUT2D eigenvalue weighted by atomic mass is 10.00. The highest BCUT2D eigenvalue weighted by Gasteiger charge is 2.48. The minimum atomic E-state index is -0.795. The molecule has 34 heavy (non-hydrogen) atoms. The van der Waals surface area contributed by atoms with Gasteiger partial charge in [-0.2, -0.15) is 0 Å². The van der Waals surface area contributed by atoms with Crippen molar-refractivity contribution in [1.29, 1.82) is 0 Å². The maximum Gasteiger partial charge on any atom is 0.301 e. The number of nitrogens with zero attached hydrogens (tertiary/aromatic N) is 2. The van der Waals surface area contributed by atoms with Gasteiger partial charge in [-0.1, -0.05) is 48.1 Å². The molecule has 1 amide bonds. The Hall–Kier alpha value is -3.20. The molecule has 1 saturated heterocycles. The van der Waals surface area contributed by atoms with Crippen molar-refractivity contribution in [2.45, 2.75) is 19.4 Å². The fraction of sp³-hybridized carbons (Fsp3) is 0.160. The molecule has 2 aromatic carbocycles. The van der Waals surface area contributed by atoms with E-state index in [1.165, 1.54) is 27.6 Å². The molecule has 0 saturated carbocycles. The Bertz CT molecular complexity index is 1430. The lowest BCUT2D eigenvalue weighted by Gasteiger charge is -2.21. The molecule has 9 heteroatoms. The van der Waals surface area contributed by atoms with E-state index in [2.05, 4.69) is 4.98 Å². The van der Waals surface area contributed by atoms with Crippen LogP contribution in [0.15, 0.2) is 65.6 Å². The van der Waals surface area contributed by atoms with Gasteiger partial charge in [0.05, 0.1) is 22.4 Å². The van der Waals surface area contributed by atoms with Crippen LogP contribution in [0.1, 0.15) is 29.8 Å². The Morgan fingerprint density at radius 2 is 2.03 bits per heavy atom. The molecule has 1 aliphatic rings. The third-order valence-corrected chi connectivity index (χ3v) is 7.56. The Kier molecular flexibility index (Phi) is 6.12. The number of halogens is 1. The molecule has 0 bridgehead atoms. The Balaban J connectivity index is 1.65. The summed E-state index contributed by atoms with van der Waals surface area (Å²) >= 11 is 8.80. The van der Waals surface area contributed by atoms with E-state index in [9.17, 15) is 14.7 Å². The van der Waals surface area contributed by atoms with Crippen LogP contribution in [-0.2, 0) is 9.59 Å². The van der Waals surface area contributed by atoms with E-state index in [1.54, 1.807) is 42.5 Å². The number of fused-ring (bicyclic) bond motifs is 1. The summed E-state index contributed by atoms with van der Waals surface area (Å²) in [6.45, 7) is 2.54. The molecule has 1 atom stereocenters. The average Bonchev–Trinajstić information content (AvgIpc) is 3.56. The predicted octanol–water partition coefficient (Wildman–Crippen LogP) is 6.43. The number of hydrogen-bond donors (Lipinski definition) is 1. The third-order valence-electron chi connectivity index (χ3n) is 5.38. The highest BCUT2D eigenvalue weighted by molar-refractivity contribution is 7.22. The number of thiophene rings is 1. The van der Waals surface area contributed by atoms with Crippen molar-refractivity contribution in [3.05, 3.63) is 81.0 Å². The van der Waals surface area contributed by atoms with Gasteiger partial charge in [-0.15, -0.1) is 11.3 Å². The van der Waals surface area contributed by atoms with E-state index in [-0.39, 0.29) is 11.3 Å². The number of aliphatic hydroxyl groups excluding tert-OH is 1. The maximum absolute atomic E-state index is 13.3. The summed E-state index contributed by atoms with van der Waals surface area (Å²) in [4.78, 5) is 33.2. The number of aliphatic hydroxyl groups is 1. The average molecular weight is 511 g/mol. The molecule has 1 fully saturated rings. The Labute approximate surface area is 208 Å². The van der Waals surface area contributed by atoms with Gasteiger partial charge in [0.25, 0.3) is 5.78 Å². The summed E-state index contributed by atoms with van der Waals surface area (Å²) in [5, 5.41) is 14.1. The van der Waals surface area contributed by atoms with Crippen LogP contribution < -0.4 is 9.64 Å². The SMILES string of the molecule is CCCOc1cccc(/C(O)=C2\C(=O)C(=O)N(c3nc4ccc(Cl)cc4s3)C2c2cccs2)c1. The lowest BCUT2D eigenvalue weighted by Crippen LogP contribution is -2.28. The van der Waals surface area contributed by atoms with Gasteiger partial charge < -0.3 is 9.84 Å². The number of ether oxygens (including phenoxy) is 1. The van der Waals surface area contributed by atoms with E-state index in [1.807, 2.05) is 24.4 Å². The topological polar surface area (TPSA) is 79.7 Å². The smallest absolute Gasteiger partial charge is 0.301 e. The number of ketones is 1. The maximum atomic E-state index is 13.3. The number of benzene rings is 2. The largest absolute Gasteiger partial charge is 0.507 e. The zero-order valence-corrected chi connectivity index (χ0v) is 20.4. The number of carbonyl (C=O) groups is 2. The first-order valence-electron chi connectivity index (χ1n) is 10.6. The summed E-state index contributed by atoms with van der Waals surface area (Å²) in [6.07, 6.45) is 0.840. The van der Waals surface area contributed by atoms with Crippen LogP contribution in [0, 0.1) is 0 Å². The molecule has 1 unspecified atom stereocenters. The molecule has 2 aromatic heterocycles. The molecule has 1 aliphatic heterocycles. The Morgan fingerprint density at radius 1 is 1.18 bits per heavy atom. The number of rotatable bonds is 6. The summed E-state index contributed by atoms with van der Waals surface area (Å²) in [5.74, 6) is -1.15. The number of amides is 1. The van der Waals surface area contributed by atoms with Gasteiger partial charge in [0, 0.05) is 15.5 Å². The van der Waals surface area contributed by atoms with E-state index in [0.29, 0.717) is 33.6 Å². The van der Waals surface area contributed by atoms with Gasteiger partial charge in [-0.3, -0.25) is 14.5 Å². The standard InChI is InChI=1S/C25H19ClN2O4S2/c1-2-10-32-16-6-3-5-14(12-16)22(29)20-21(18-7-4-11-33-18)28(24(31)23(20)30)25-27-17-9-8-15(26)13-19(17)34-25/h3-9,11-13,21,29H,2,10H2,1H3/b22-20+. The summed E-state index contributed by atoms with van der Waals surface area (Å²) in [5.41, 5.74) is 1.11. The van der Waals surface area contributed by atoms with Crippen LogP contribution in [0.3, 0.4) is 0 Å². The second-order valence-electron chi connectivity index (χ2n) is 7.67. The minimum Gasteiger partial charge on any atom is -0.507 e. The molecule has 172 valence electrons. The second-order valence-corrected chi connectivity index (χ2v) is 10.1. The van der Waals surface area contributed by atoms with E-state index in [4.69, 9.17) is 16.3 Å². The van der Waals surface area contributed by atoms with Crippen LogP contribution in [0.5, 0.6) is 5.75 Å². The fourth-order valence-corrected chi connectivity index (χ4v) is 5.94. The number of thiazole rings is 1. The molecular weight excluding hydrogens is 492 g/mol. The molecule has 0 radical (unpaired) electrons. The zero-order valence-electron chi connectivity index (χ0n) is 18.0.